The van der Waals surface area contributed by atoms with Crippen LogP contribution in [-0.2, 0) is 22.7 Å². The van der Waals surface area contributed by atoms with E-state index in [1.165, 1.54) is 56.1 Å². The molecule has 0 N–H and O–H groups in total. The Morgan fingerprint density at radius 2 is 1.19 bits per heavy atom. The van der Waals surface area contributed by atoms with E-state index in [0.717, 1.165) is 25.6 Å². The molecule has 0 aromatic heterocycles. The zero-order valence-electron chi connectivity index (χ0n) is 28.1. The van der Waals surface area contributed by atoms with Crippen LogP contribution in [0.1, 0.15) is 83.3 Å². The Balaban J connectivity index is 1.89. The predicted octanol–water partition coefficient (Wildman–Crippen LogP) is 11.5. The summed E-state index contributed by atoms with van der Waals surface area (Å²) in [6.07, 6.45) is 10.8. The van der Waals surface area contributed by atoms with Crippen molar-refractivity contribution < 1.29 is 9.47 Å². The number of rotatable bonds is 20. The van der Waals surface area contributed by atoms with Gasteiger partial charge in [-0.1, -0.05) is 0 Å². The van der Waals surface area contributed by atoms with Crippen LogP contribution in [-0.4, -0.2) is 39.7 Å². The SMILES string of the molecule is CCC[CH2][Sn]([CH2]CCC)([CH2]CCC)[CH2]C1CC(COCc2ccccc2)(COCc2ccccc2)C/C1=C/[Si](C)(C)C. The first-order valence-electron chi connectivity index (χ1n) is 17.2. The molecule has 0 amide bonds. The van der Waals surface area contributed by atoms with Gasteiger partial charge in [0.15, 0.2) is 0 Å². The Kier molecular flexibility index (Phi) is 15.4. The van der Waals surface area contributed by atoms with Crippen molar-refractivity contribution in [3.05, 3.63) is 83.1 Å². The third-order valence-electron chi connectivity index (χ3n) is 9.30. The van der Waals surface area contributed by atoms with Crippen LogP contribution < -0.4 is 0 Å². The number of benzene rings is 2. The predicted molar refractivity (Wildman–Crippen MR) is 188 cm³/mol. The number of allylic oxidation sites excluding steroid dienone is 1. The molecule has 3 rings (SSSR count). The van der Waals surface area contributed by atoms with Crippen molar-refractivity contribution >= 4 is 26.5 Å². The summed E-state index contributed by atoms with van der Waals surface area (Å²) in [6, 6.07) is 21.4. The number of hydrogen-bond acceptors (Lipinski definition) is 2. The van der Waals surface area contributed by atoms with Gasteiger partial charge in [-0.25, -0.2) is 0 Å². The second kappa shape index (κ2) is 18.2. The number of ether oxygens (including phenoxy) is 2. The van der Waals surface area contributed by atoms with E-state index in [0.29, 0.717) is 13.2 Å². The van der Waals surface area contributed by atoms with E-state index in [1.807, 2.05) is 0 Å². The summed E-state index contributed by atoms with van der Waals surface area (Å²) in [5.41, 5.74) is 7.17. The topological polar surface area (TPSA) is 18.5 Å². The Morgan fingerprint density at radius 3 is 1.60 bits per heavy atom. The van der Waals surface area contributed by atoms with Gasteiger partial charge in [-0.15, -0.1) is 0 Å². The van der Waals surface area contributed by atoms with Crippen LogP contribution in [0.4, 0.5) is 0 Å². The van der Waals surface area contributed by atoms with E-state index < -0.39 is 26.5 Å². The summed E-state index contributed by atoms with van der Waals surface area (Å²) >= 11 is -2.32. The summed E-state index contributed by atoms with van der Waals surface area (Å²) in [7, 11) is -1.37. The summed E-state index contributed by atoms with van der Waals surface area (Å²) in [5.74, 6) is 0.735. The van der Waals surface area contributed by atoms with E-state index in [9.17, 15) is 0 Å². The molecule has 1 unspecified atom stereocenters. The van der Waals surface area contributed by atoms with Crippen LogP contribution in [0.25, 0.3) is 0 Å². The van der Waals surface area contributed by atoms with Gasteiger partial charge in [-0.05, 0) is 0 Å². The van der Waals surface area contributed by atoms with Crippen molar-refractivity contribution in [3.63, 3.8) is 0 Å². The van der Waals surface area contributed by atoms with Gasteiger partial charge in [0, 0.05) is 0 Å². The van der Waals surface area contributed by atoms with E-state index >= 15 is 0 Å². The molecule has 0 aliphatic heterocycles. The first-order valence-corrected chi connectivity index (χ1v) is 28.8. The quantitative estimate of drug-likeness (QED) is 0.128. The molecular weight excluding hydrogens is 635 g/mol. The maximum atomic E-state index is 6.58. The molecule has 0 spiro atoms. The molecule has 1 aliphatic rings. The van der Waals surface area contributed by atoms with Crippen molar-refractivity contribution in [2.45, 2.75) is 123 Å². The molecule has 1 aliphatic carbocycles. The van der Waals surface area contributed by atoms with Gasteiger partial charge in [0.25, 0.3) is 0 Å². The Labute approximate surface area is 265 Å². The molecule has 0 saturated heterocycles. The minimum atomic E-state index is -2.32. The van der Waals surface area contributed by atoms with Crippen LogP contribution in [0.2, 0.25) is 37.4 Å². The Bertz CT molecular complexity index is 963. The molecule has 1 fully saturated rings. The van der Waals surface area contributed by atoms with Crippen molar-refractivity contribution in [2.75, 3.05) is 13.2 Å². The fraction of sp³-hybridized carbons (Fsp3) is 0.632. The standard InChI is InChI=1S/C26H35O2Si.3C4H9.Sn/c1-22-15-26(16-25(22)19-29(2,3)4,20-27-17-23-11-7-5-8-12-23)21-28-18-24-13-9-6-10-14-24;3*1-3-4-2;/h5-14,19,22H,1,15-18,20-21H2,2-4H3;3*1,3-4H2,2H3;/b25-19-;;;;. The van der Waals surface area contributed by atoms with Gasteiger partial charge in [0.05, 0.1) is 0 Å². The van der Waals surface area contributed by atoms with Crippen molar-refractivity contribution in [1.82, 2.24) is 0 Å². The van der Waals surface area contributed by atoms with Gasteiger partial charge in [-0.2, -0.15) is 0 Å². The van der Waals surface area contributed by atoms with Gasteiger partial charge >= 0.3 is 266 Å². The van der Waals surface area contributed by atoms with Gasteiger partial charge in [0.2, 0.25) is 0 Å². The van der Waals surface area contributed by atoms with E-state index in [1.54, 1.807) is 23.3 Å². The van der Waals surface area contributed by atoms with Crippen LogP contribution in [0.5, 0.6) is 0 Å². The summed E-state index contributed by atoms with van der Waals surface area (Å²) in [5, 5.41) is 0. The molecule has 2 aromatic rings. The van der Waals surface area contributed by atoms with Gasteiger partial charge in [0.1, 0.15) is 0 Å². The van der Waals surface area contributed by atoms with Crippen LogP contribution in [0, 0.1) is 11.3 Å². The fourth-order valence-corrected chi connectivity index (χ4v) is 26.2. The first kappa shape index (κ1) is 35.6. The Morgan fingerprint density at radius 1 is 0.738 bits per heavy atom. The molecule has 0 heterocycles. The fourth-order valence-electron chi connectivity index (χ4n) is 7.27. The normalized spacial score (nSPS) is 18.1. The number of hydrogen-bond donors (Lipinski definition) is 0. The average Bonchev–Trinajstić information content (AvgIpc) is 3.29. The van der Waals surface area contributed by atoms with Gasteiger partial charge < -0.3 is 0 Å². The van der Waals surface area contributed by atoms with E-state index in [-0.39, 0.29) is 5.41 Å². The number of unbranched alkanes of at least 4 members (excludes halogenated alkanes) is 3. The summed E-state index contributed by atoms with van der Waals surface area (Å²) in [6.45, 7) is 17.7. The third kappa shape index (κ3) is 12.2. The van der Waals surface area contributed by atoms with Crippen LogP contribution in [0.15, 0.2) is 71.9 Å². The molecule has 234 valence electrons. The van der Waals surface area contributed by atoms with Crippen LogP contribution >= 0.6 is 0 Å². The second-order valence-electron chi connectivity index (χ2n) is 14.6. The molecule has 4 heteroatoms. The molecule has 0 radical (unpaired) electrons. The molecule has 42 heavy (non-hydrogen) atoms. The summed E-state index contributed by atoms with van der Waals surface area (Å²) in [4.78, 5) is 0. The molecule has 1 atom stereocenters. The molecule has 2 nitrogen and oxygen atoms in total. The van der Waals surface area contributed by atoms with Crippen molar-refractivity contribution in [1.29, 1.82) is 0 Å². The molecular formula is C38H62O2SiSn. The molecule has 2 aromatic carbocycles. The second-order valence-corrected chi connectivity index (χ2v) is 33.7. The Hall–Kier alpha value is -0.884. The van der Waals surface area contributed by atoms with Gasteiger partial charge in [-0.3, -0.25) is 0 Å². The molecule has 1 saturated carbocycles. The van der Waals surface area contributed by atoms with Crippen molar-refractivity contribution in [3.8, 4) is 0 Å². The minimum absolute atomic E-state index is 0.0671. The first-order chi connectivity index (χ1) is 20.2. The summed E-state index contributed by atoms with van der Waals surface area (Å²) < 4.78 is 19.5. The maximum absolute atomic E-state index is 6.58. The third-order valence-corrected chi connectivity index (χ3v) is 26.5. The zero-order valence-corrected chi connectivity index (χ0v) is 31.9. The van der Waals surface area contributed by atoms with E-state index in [4.69, 9.17) is 9.47 Å². The van der Waals surface area contributed by atoms with E-state index in [2.05, 4.69) is 107 Å². The van der Waals surface area contributed by atoms with Crippen molar-refractivity contribution in [2.24, 2.45) is 11.3 Å². The monoisotopic (exact) mass is 698 g/mol. The van der Waals surface area contributed by atoms with Crippen LogP contribution in [0.3, 0.4) is 0 Å². The molecule has 0 bridgehead atoms. The average molecular weight is 698 g/mol. The zero-order chi connectivity index (χ0) is 30.3.